The summed E-state index contributed by atoms with van der Waals surface area (Å²) in [5.74, 6) is 0.989. The van der Waals surface area contributed by atoms with Gasteiger partial charge in [0.15, 0.2) is 4.77 Å². The maximum atomic E-state index is 5.54. The Morgan fingerprint density at radius 2 is 2.31 bits per heavy atom. The summed E-state index contributed by atoms with van der Waals surface area (Å²) < 4.78 is 8.44. The van der Waals surface area contributed by atoms with Crippen molar-refractivity contribution in [2.24, 2.45) is 0 Å². The Labute approximate surface area is 99.4 Å². The molecule has 0 aromatic carbocycles. The van der Waals surface area contributed by atoms with Gasteiger partial charge in [-0.1, -0.05) is 0 Å². The van der Waals surface area contributed by atoms with Crippen LogP contribution in [-0.4, -0.2) is 40.6 Å². The molecule has 3 rings (SSSR count). The molecule has 1 aromatic heterocycles. The van der Waals surface area contributed by atoms with E-state index in [9.17, 15) is 0 Å². The van der Waals surface area contributed by atoms with E-state index < -0.39 is 0 Å². The molecule has 2 heterocycles. The molecule has 1 aromatic rings. The molecule has 88 valence electrons. The van der Waals surface area contributed by atoms with Gasteiger partial charge in [0.05, 0.1) is 12.7 Å². The molecule has 2 fully saturated rings. The first-order chi connectivity index (χ1) is 7.75. The normalized spacial score (nSPS) is 26.1. The highest BCUT2D eigenvalue weighted by Gasteiger charge is 2.30. The van der Waals surface area contributed by atoms with Gasteiger partial charge in [-0.2, -0.15) is 0 Å². The third-order valence-electron chi connectivity index (χ3n) is 3.12. The fourth-order valence-corrected chi connectivity index (χ4v) is 2.46. The Balaban J connectivity index is 1.90. The van der Waals surface area contributed by atoms with E-state index in [0.29, 0.717) is 6.04 Å². The lowest BCUT2D eigenvalue weighted by Crippen LogP contribution is -2.42. The van der Waals surface area contributed by atoms with Crippen molar-refractivity contribution in [3.63, 3.8) is 0 Å². The molecule has 0 bridgehead atoms. The van der Waals surface area contributed by atoms with Crippen molar-refractivity contribution >= 4 is 18.2 Å². The number of ether oxygens (including phenoxy) is 1. The number of hydrogen-bond acceptors (Lipinski definition) is 4. The fraction of sp³-hybridized carbons (Fsp3) is 0.800. The number of nitrogens with one attached hydrogen (secondary N) is 1. The van der Waals surface area contributed by atoms with Crippen molar-refractivity contribution in [3.8, 4) is 0 Å². The van der Waals surface area contributed by atoms with Crippen LogP contribution in [0.25, 0.3) is 0 Å². The van der Waals surface area contributed by atoms with Crippen molar-refractivity contribution < 1.29 is 4.74 Å². The maximum Gasteiger partial charge on any atom is 0.226 e. The molecular formula is C10H16N4OS. The summed E-state index contributed by atoms with van der Waals surface area (Å²) in [6.07, 6.45) is 2.72. The van der Waals surface area contributed by atoms with Crippen LogP contribution in [0.3, 0.4) is 0 Å². The van der Waals surface area contributed by atoms with Gasteiger partial charge in [-0.15, -0.1) is 5.10 Å². The lowest BCUT2D eigenvalue weighted by Gasteiger charge is -2.31. The molecule has 0 amide bonds. The summed E-state index contributed by atoms with van der Waals surface area (Å²) in [5.41, 5.74) is 0. The first-order valence-corrected chi connectivity index (χ1v) is 6.20. The van der Waals surface area contributed by atoms with Crippen molar-refractivity contribution in [1.82, 2.24) is 14.8 Å². The standard InChI is InChI=1S/C10H16N4OS/c1-7-6-13(4-5-15-7)9-11-12-10(16)14(9)8-2-3-8/h7-8H,2-6H2,1H3,(H,12,16). The zero-order valence-electron chi connectivity index (χ0n) is 9.35. The van der Waals surface area contributed by atoms with Gasteiger partial charge in [0, 0.05) is 19.1 Å². The Morgan fingerprint density at radius 3 is 3.00 bits per heavy atom. The predicted octanol–water partition coefficient (Wildman–Crippen LogP) is 1.50. The van der Waals surface area contributed by atoms with Gasteiger partial charge in [0.2, 0.25) is 5.95 Å². The van der Waals surface area contributed by atoms with Crippen molar-refractivity contribution in [1.29, 1.82) is 0 Å². The van der Waals surface area contributed by atoms with Gasteiger partial charge in [-0.05, 0) is 32.0 Å². The van der Waals surface area contributed by atoms with E-state index in [1.807, 2.05) is 0 Å². The van der Waals surface area contributed by atoms with Crippen molar-refractivity contribution in [2.75, 3.05) is 24.6 Å². The second kappa shape index (κ2) is 3.85. The summed E-state index contributed by atoms with van der Waals surface area (Å²) in [6, 6.07) is 0.569. The highest BCUT2D eigenvalue weighted by Crippen LogP contribution is 2.38. The highest BCUT2D eigenvalue weighted by molar-refractivity contribution is 7.71. The third-order valence-corrected chi connectivity index (χ3v) is 3.41. The Morgan fingerprint density at radius 1 is 1.50 bits per heavy atom. The van der Waals surface area contributed by atoms with Crippen LogP contribution < -0.4 is 4.90 Å². The summed E-state index contributed by atoms with van der Waals surface area (Å²) in [5, 5.41) is 7.26. The van der Waals surface area contributed by atoms with E-state index in [4.69, 9.17) is 17.0 Å². The van der Waals surface area contributed by atoms with Crippen molar-refractivity contribution in [3.05, 3.63) is 4.77 Å². The van der Waals surface area contributed by atoms with Gasteiger partial charge in [-0.3, -0.25) is 4.57 Å². The first kappa shape index (κ1) is 10.3. The topological polar surface area (TPSA) is 46.1 Å². The minimum Gasteiger partial charge on any atom is -0.375 e. The van der Waals surface area contributed by atoms with Crippen LogP contribution in [0.5, 0.6) is 0 Å². The molecule has 16 heavy (non-hydrogen) atoms. The molecule has 6 heteroatoms. The molecule has 1 aliphatic heterocycles. The number of aromatic nitrogens is 3. The molecule has 0 radical (unpaired) electrons. The number of rotatable bonds is 2. The van der Waals surface area contributed by atoms with Crippen LogP contribution in [0.2, 0.25) is 0 Å². The summed E-state index contributed by atoms with van der Waals surface area (Å²) in [4.78, 5) is 2.26. The quantitative estimate of drug-likeness (QED) is 0.796. The number of aromatic amines is 1. The molecule has 2 aliphatic rings. The molecular weight excluding hydrogens is 224 g/mol. The van der Waals surface area contributed by atoms with Gasteiger partial charge in [-0.25, -0.2) is 5.10 Å². The Kier molecular flexibility index (Phi) is 2.48. The van der Waals surface area contributed by atoms with Crippen molar-refractivity contribution in [2.45, 2.75) is 31.9 Å². The monoisotopic (exact) mass is 240 g/mol. The number of morpholine rings is 1. The predicted molar refractivity (Wildman–Crippen MR) is 63.3 cm³/mol. The molecule has 1 saturated heterocycles. The zero-order chi connectivity index (χ0) is 11.1. The van der Waals surface area contributed by atoms with E-state index in [2.05, 4.69) is 26.6 Å². The van der Waals surface area contributed by atoms with Crippen LogP contribution in [0, 0.1) is 4.77 Å². The number of anilines is 1. The minimum atomic E-state index is 0.270. The molecule has 1 atom stereocenters. The SMILES string of the molecule is CC1CN(c2n[nH]c(=S)n2C2CC2)CCO1. The second-order valence-corrected chi connectivity index (χ2v) is 4.94. The smallest absolute Gasteiger partial charge is 0.226 e. The number of nitrogens with zero attached hydrogens (tertiary/aromatic N) is 3. The van der Waals surface area contributed by atoms with E-state index in [0.717, 1.165) is 30.4 Å². The van der Waals surface area contributed by atoms with Crippen LogP contribution in [-0.2, 0) is 4.74 Å². The maximum absolute atomic E-state index is 5.54. The van der Waals surface area contributed by atoms with Gasteiger partial charge in [0.25, 0.3) is 0 Å². The largest absolute Gasteiger partial charge is 0.375 e. The molecule has 1 saturated carbocycles. The second-order valence-electron chi connectivity index (χ2n) is 4.56. The van der Waals surface area contributed by atoms with E-state index in [1.165, 1.54) is 12.8 Å². The third kappa shape index (κ3) is 1.76. The molecule has 5 nitrogen and oxygen atoms in total. The fourth-order valence-electron chi connectivity index (χ4n) is 2.18. The van der Waals surface area contributed by atoms with E-state index in [1.54, 1.807) is 0 Å². The Bertz CT molecular complexity index is 436. The average molecular weight is 240 g/mol. The van der Waals surface area contributed by atoms with Gasteiger partial charge in [0.1, 0.15) is 0 Å². The first-order valence-electron chi connectivity index (χ1n) is 5.79. The molecule has 1 unspecified atom stereocenters. The van der Waals surface area contributed by atoms with Crippen LogP contribution in [0.1, 0.15) is 25.8 Å². The number of H-pyrrole nitrogens is 1. The lowest BCUT2D eigenvalue weighted by molar-refractivity contribution is 0.0523. The molecule has 0 spiro atoms. The zero-order valence-corrected chi connectivity index (χ0v) is 10.2. The summed E-state index contributed by atoms with van der Waals surface area (Å²) in [7, 11) is 0. The number of hydrogen-bond donors (Lipinski definition) is 1. The average Bonchev–Trinajstić information content (AvgIpc) is 3.02. The minimum absolute atomic E-state index is 0.270. The van der Waals surface area contributed by atoms with Crippen LogP contribution in [0.15, 0.2) is 0 Å². The van der Waals surface area contributed by atoms with Gasteiger partial charge >= 0.3 is 0 Å². The lowest BCUT2D eigenvalue weighted by atomic mass is 10.3. The summed E-state index contributed by atoms with van der Waals surface area (Å²) >= 11 is 5.27. The van der Waals surface area contributed by atoms with Crippen LogP contribution >= 0.6 is 12.2 Å². The van der Waals surface area contributed by atoms with E-state index in [-0.39, 0.29) is 6.10 Å². The highest BCUT2D eigenvalue weighted by atomic mass is 32.1. The van der Waals surface area contributed by atoms with Gasteiger partial charge < -0.3 is 9.64 Å². The molecule has 1 aliphatic carbocycles. The van der Waals surface area contributed by atoms with E-state index >= 15 is 0 Å². The molecule has 1 N–H and O–H groups in total. The summed E-state index contributed by atoms with van der Waals surface area (Å²) in [6.45, 7) is 4.66. The Hall–Kier alpha value is -0.880. The van der Waals surface area contributed by atoms with Crippen LogP contribution in [0.4, 0.5) is 5.95 Å².